The van der Waals surface area contributed by atoms with Gasteiger partial charge in [0.05, 0.1) is 11.4 Å². The molecule has 0 saturated carbocycles. The second-order valence-electron chi connectivity index (χ2n) is 11.9. The van der Waals surface area contributed by atoms with Crippen LogP contribution in [0.25, 0.3) is 22.3 Å². The average molecular weight is 597 g/mol. The number of pyridine rings is 1. The van der Waals surface area contributed by atoms with Gasteiger partial charge in [-0.3, -0.25) is 9.59 Å². The number of rotatable bonds is 7. The maximum atomic E-state index is 12.9. The molecule has 0 bridgehead atoms. The molecule has 4 aromatic rings. The van der Waals surface area contributed by atoms with Gasteiger partial charge in [0.1, 0.15) is 23.7 Å². The van der Waals surface area contributed by atoms with E-state index in [1.54, 1.807) is 41.4 Å². The third-order valence-corrected chi connectivity index (χ3v) is 11.9. The predicted octanol–water partition coefficient (Wildman–Crippen LogP) is 4.26. The second-order valence-corrected chi connectivity index (χ2v) is 16.4. The smallest absolute Gasteiger partial charge is 0.298 e. The topological polar surface area (TPSA) is 152 Å². The van der Waals surface area contributed by atoms with Crippen LogP contribution in [0.15, 0.2) is 55.0 Å². The summed E-state index contributed by atoms with van der Waals surface area (Å²) in [6.07, 6.45) is 5.01. The van der Waals surface area contributed by atoms with E-state index in [1.807, 2.05) is 29.9 Å². The van der Waals surface area contributed by atoms with E-state index in [4.69, 9.17) is 10.8 Å². The highest BCUT2D eigenvalue weighted by Crippen LogP contribution is 2.39. The molecule has 1 aliphatic rings. The molecule has 222 valence electrons. The fourth-order valence-corrected chi connectivity index (χ4v) is 5.62. The summed E-state index contributed by atoms with van der Waals surface area (Å²) in [5.41, 5.74) is 8.72. The molecule has 0 unspecified atom stereocenters. The number of amides is 2. The maximum Gasteiger partial charge on any atom is 0.298 e. The summed E-state index contributed by atoms with van der Waals surface area (Å²) in [5.74, 6) is 6.08. The second kappa shape index (κ2) is 11.9. The van der Waals surface area contributed by atoms with E-state index < -0.39 is 8.32 Å². The number of likely N-dealkylation sites (tertiary alicyclic amines) is 1. The first kappa shape index (κ1) is 29.9. The zero-order valence-electron chi connectivity index (χ0n) is 24.8. The van der Waals surface area contributed by atoms with Crippen LogP contribution < -0.4 is 11.1 Å². The van der Waals surface area contributed by atoms with Gasteiger partial charge in [-0.25, -0.2) is 19.6 Å². The molecule has 12 heteroatoms. The van der Waals surface area contributed by atoms with Crippen molar-refractivity contribution in [2.45, 2.75) is 57.3 Å². The number of hydrogen-bond acceptors (Lipinski definition) is 8. The van der Waals surface area contributed by atoms with E-state index >= 15 is 0 Å². The molecule has 0 radical (unpaired) electrons. The average Bonchev–Trinajstić information content (AvgIpc) is 3.61. The number of nitrogens with zero attached hydrogens (tertiary/aromatic N) is 6. The van der Waals surface area contributed by atoms with E-state index in [0.717, 1.165) is 12.0 Å². The zero-order valence-corrected chi connectivity index (χ0v) is 25.8. The van der Waals surface area contributed by atoms with Crippen LogP contribution in [0.1, 0.15) is 49.5 Å². The Labute approximate surface area is 251 Å². The van der Waals surface area contributed by atoms with Crippen molar-refractivity contribution >= 4 is 42.8 Å². The van der Waals surface area contributed by atoms with Crippen LogP contribution in [0.5, 0.6) is 0 Å². The van der Waals surface area contributed by atoms with Gasteiger partial charge in [-0.1, -0.05) is 38.0 Å². The number of nitrogens with two attached hydrogens (primary N) is 1. The van der Waals surface area contributed by atoms with Crippen LogP contribution in [-0.4, -0.2) is 67.6 Å². The van der Waals surface area contributed by atoms with Crippen molar-refractivity contribution < 1.29 is 14.4 Å². The number of aromatic nitrogens is 5. The van der Waals surface area contributed by atoms with E-state index in [0.29, 0.717) is 59.9 Å². The highest BCUT2D eigenvalue weighted by atomic mass is 28.4. The quantitative estimate of drug-likeness (QED) is 0.211. The van der Waals surface area contributed by atoms with Gasteiger partial charge in [0.25, 0.3) is 11.8 Å². The Morgan fingerprint density at radius 3 is 2.60 bits per heavy atom. The first-order valence-electron chi connectivity index (χ1n) is 14.3. The van der Waals surface area contributed by atoms with Gasteiger partial charge in [-0.05, 0) is 61.2 Å². The largest absolute Gasteiger partial charge is 0.432 e. The summed E-state index contributed by atoms with van der Waals surface area (Å²) >= 11 is 0. The van der Waals surface area contributed by atoms with Gasteiger partial charge in [0.2, 0.25) is 0 Å². The molecule has 0 aliphatic carbocycles. The van der Waals surface area contributed by atoms with E-state index in [2.05, 4.69) is 46.0 Å². The molecule has 1 aromatic carbocycles. The number of fused-ring (bicyclic) bond motifs is 1. The summed E-state index contributed by atoms with van der Waals surface area (Å²) in [4.78, 5) is 50.6. The van der Waals surface area contributed by atoms with Crippen molar-refractivity contribution in [3.05, 3.63) is 60.6 Å². The molecule has 11 nitrogen and oxygen atoms in total. The molecule has 1 saturated heterocycles. The molecular weight excluding hydrogens is 560 g/mol. The lowest BCUT2D eigenvalue weighted by atomic mass is 10.1. The van der Waals surface area contributed by atoms with Gasteiger partial charge in [0, 0.05) is 36.8 Å². The van der Waals surface area contributed by atoms with Crippen molar-refractivity contribution in [3.8, 4) is 23.1 Å². The van der Waals surface area contributed by atoms with Crippen LogP contribution in [0.3, 0.4) is 0 Å². The molecular formula is C31H36N8O3Si. The molecule has 1 fully saturated rings. The molecule has 3 aromatic heterocycles. The third-order valence-electron chi connectivity index (χ3n) is 8.37. The highest BCUT2D eigenvalue weighted by molar-refractivity contribution is 6.72. The number of nitrogen functional groups attached to an aromatic ring is 1. The number of carbonyl (C=O) groups excluding carboxylic acids is 2. The van der Waals surface area contributed by atoms with Crippen molar-refractivity contribution in [1.82, 2.24) is 29.6 Å². The van der Waals surface area contributed by atoms with Crippen LogP contribution in [0.2, 0.25) is 18.1 Å². The number of hydrogen-bond donors (Lipinski definition) is 3. The summed E-state index contributed by atoms with van der Waals surface area (Å²) in [5, 5.41) is 8.11. The monoisotopic (exact) mass is 596 g/mol. The van der Waals surface area contributed by atoms with Crippen molar-refractivity contribution in [3.63, 3.8) is 0 Å². The van der Waals surface area contributed by atoms with Gasteiger partial charge in [-0.2, -0.15) is 5.10 Å². The number of benzene rings is 1. The minimum atomic E-state index is -2.32. The van der Waals surface area contributed by atoms with E-state index in [9.17, 15) is 14.4 Å². The van der Waals surface area contributed by atoms with Crippen LogP contribution in [0, 0.1) is 11.8 Å². The molecule has 4 heterocycles. The normalized spacial score (nSPS) is 15.3. The first-order chi connectivity index (χ1) is 20.4. The van der Waals surface area contributed by atoms with Gasteiger partial charge in [-0.15, -0.1) is 0 Å². The lowest BCUT2D eigenvalue weighted by Gasteiger charge is -2.34. The standard InChI is InChI=1S/C31H36N8O3Si/c1-31(2,43(3,4)42)16-7-5-10-25(40)38-18-15-23(19-38)39-29-26(28(32)34-20-35-29)27(37-39)21-11-13-22(14-12-21)30(41)36-24-9-6-8-17-33-24/h6,8-9,11-14,17,20,23,42H,7,15-16,18-19H2,1-4H3,(H2,32,34,35)(H,33,36,41)/t23-/m1/s1. The lowest BCUT2D eigenvalue weighted by molar-refractivity contribution is -0.124. The molecule has 1 aliphatic heterocycles. The minimum absolute atomic E-state index is 0.111. The number of carbonyl (C=O) groups is 2. The zero-order chi connectivity index (χ0) is 30.8. The Kier molecular flexibility index (Phi) is 8.30. The molecule has 2 amide bonds. The van der Waals surface area contributed by atoms with Gasteiger partial charge >= 0.3 is 0 Å². The minimum Gasteiger partial charge on any atom is -0.432 e. The molecule has 0 spiro atoms. The van der Waals surface area contributed by atoms with Gasteiger partial charge < -0.3 is 20.7 Å². The maximum absolute atomic E-state index is 12.9. The van der Waals surface area contributed by atoms with Crippen molar-refractivity contribution in [1.29, 1.82) is 0 Å². The fraction of sp³-hybridized carbons (Fsp3) is 0.355. The summed E-state index contributed by atoms with van der Waals surface area (Å²) in [6.45, 7) is 8.97. The third kappa shape index (κ3) is 6.43. The van der Waals surface area contributed by atoms with Crippen LogP contribution in [0.4, 0.5) is 11.6 Å². The van der Waals surface area contributed by atoms with E-state index in [1.165, 1.54) is 6.33 Å². The Balaban J connectivity index is 1.32. The summed E-state index contributed by atoms with van der Waals surface area (Å²) < 4.78 is 1.82. The van der Waals surface area contributed by atoms with Gasteiger partial charge in [0.15, 0.2) is 14.0 Å². The molecule has 5 rings (SSSR count). The Bertz CT molecular complexity index is 1700. The highest BCUT2D eigenvalue weighted by Gasteiger charge is 2.37. The summed E-state index contributed by atoms with van der Waals surface area (Å²) in [7, 11) is -2.32. The number of anilines is 2. The van der Waals surface area contributed by atoms with Crippen LogP contribution in [-0.2, 0) is 4.79 Å². The molecule has 4 N–H and O–H groups in total. The fourth-order valence-electron chi connectivity index (χ4n) is 4.88. The Morgan fingerprint density at radius 2 is 1.91 bits per heavy atom. The molecule has 43 heavy (non-hydrogen) atoms. The lowest BCUT2D eigenvalue weighted by Crippen LogP contribution is -2.38. The molecule has 1 atom stereocenters. The first-order valence-corrected chi connectivity index (χ1v) is 17.2. The SMILES string of the molecule is CC(C)(CCC#CC(=O)N1CC[C@@H](n2nc(-c3ccc(C(=O)Nc4ccccn4)cc3)c3c(N)ncnc32)C1)[Si](C)(C)O. The van der Waals surface area contributed by atoms with E-state index in [-0.39, 0.29) is 22.9 Å². The van der Waals surface area contributed by atoms with Crippen LogP contribution >= 0.6 is 0 Å². The predicted molar refractivity (Wildman–Crippen MR) is 168 cm³/mol. The Hall–Kier alpha value is -4.60. The van der Waals surface area contributed by atoms with Crippen molar-refractivity contribution in [2.24, 2.45) is 0 Å². The Morgan fingerprint density at radius 1 is 1.14 bits per heavy atom. The summed E-state index contributed by atoms with van der Waals surface area (Å²) in [6, 6.07) is 12.3. The van der Waals surface area contributed by atoms with Crippen molar-refractivity contribution in [2.75, 3.05) is 24.1 Å². The number of nitrogens with one attached hydrogen (secondary N) is 1.